The maximum atomic E-state index is 12.6. The molecule has 7 heteroatoms. The van der Waals surface area contributed by atoms with Crippen molar-refractivity contribution in [3.63, 3.8) is 0 Å². The van der Waals surface area contributed by atoms with E-state index in [4.69, 9.17) is 23.2 Å². The average Bonchev–Trinajstić information content (AvgIpc) is 2.96. The summed E-state index contributed by atoms with van der Waals surface area (Å²) < 4.78 is 0. The molecule has 0 aliphatic carbocycles. The maximum Gasteiger partial charge on any atom is 0.238 e. The van der Waals surface area contributed by atoms with E-state index in [0.29, 0.717) is 22.6 Å². The number of fused-ring (bicyclic) bond motifs is 1. The molecule has 2 saturated heterocycles. The number of carbonyl (C=O) groups excluding carboxylic acids is 1. The number of carbonyl (C=O) groups is 1. The standard InChI is InChI=1S/C17H24Cl2N4O/c1-17(2,14-11(18)4-3-5-12(14)19)9-21-16(24)15-10-8-20-7-6-13(10)22-23-15/h3-5,10,13,15,20,22-23H,6-9H2,1-2H3,(H,21,24). The Labute approximate surface area is 152 Å². The third kappa shape index (κ3) is 3.55. The smallest absolute Gasteiger partial charge is 0.238 e. The van der Waals surface area contributed by atoms with E-state index in [0.717, 1.165) is 25.1 Å². The minimum Gasteiger partial charge on any atom is -0.354 e. The van der Waals surface area contributed by atoms with Crippen LogP contribution in [-0.4, -0.2) is 37.6 Å². The summed E-state index contributed by atoms with van der Waals surface area (Å²) in [5.74, 6) is 0.278. The van der Waals surface area contributed by atoms with Crippen molar-refractivity contribution in [3.8, 4) is 0 Å². The molecular formula is C17H24Cl2N4O. The molecule has 1 amide bonds. The molecule has 0 bridgehead atoms. The van der Waals surface area contributed by atoms with E-state index >= 15 is 0 Å². The first-order valence-electron chi connectivity index (χ1n) is 8.34. The number of halogens is 2. The zero-order valence-electron chi connectivity index (χ0n) is 14.0. The van der Waals surface area contributed by atoms with Crippen LogP contribution in [0.25, 0.3) is 0 Å². The van der Waals surface area contributed by atoms with Crippen molar-refractivity contribution in [2.75, 3.05) is 19.6 Å². The van der Waals surface area contributed by atoms with Crippen LogP contribution in [-0.2, 0) is 10.2 Å². The fourth-order valence-electron chi connectivity index (χ4n) is 3.63. The number of hydrazine groups is 1. The molecule has 3 atom stereocenters. The SMILES string of the molecule is CC(C)(CNC(=O)C1NNC2CCNCC21)c1c(Cl)cccc1Cl. The highest BCUT2D eigenvalue weighted by atomic mass is 35.5. The van der Waals surface area contributed by atoms with Gasteiger partial charge in [0.1, 0.15) is 6.04 Å². The van der Waals surface area contributed by atoms with Gasteiger partial charge in [0.2, 0.25) is 5.91 Å². The molecule has 0 aromatic heterocycles. The summed E-state index contributed by atoms with van der Waals surface area (Å²) in [5.41, 5.74) is 6.89. The van der Waals surface area contributed by atoms with Crippen LogP contribution in [0, 0.1) is 5.92 Å². The Morgan fingerprint density at radius 1 is 1.29 bits per heavy atom. The largest absolute Gasteiger partial charge is 0.354 e. The van der Waals surface area contributed by atoms with E-state index in [-0.39, 0.29) is 23.3 Å². The Hall–Kier alpha value is -0.850. The van der Waals surface area contributed by atoms with E-state index in [1.54, 1.807) is 0 Å². The van der Waals surface area contributed by atoms with E-state index < -0.39 is 0 Å². The van der Waals surface area contributed by atoms with Gasteiger partial charge >= 0.3 is 0 Å². The van der Waals surface area contributed by atoms with Crippen molar-refractivity contribution in [1.29, 1.82) is 0 Å². The fourth-order valence-corrected chi connectivity index (χ4v) is 4.54. The van der Waals surface area contributed by atoms with Crippen LogP contribution in [0.15, 0.2) is 18.2 Å². The molecule has 3 unspecified atom stereocenters. The summed E-state index contributed by atoms with van der Waals surface area (Å²) in [4.78, 5) is 12.6. The molecule has 5 nitrogen and oxygen atoms in total. The molecule has 2 aliphatic rings. The number of amides is 1. The van der Waals surface area contributed by atoms with Gasteiger partial charge in [-0.05, 0) is 30.7 Å². The topological polar surface area (TPSA) is 65.2 Å². The molecule has 1 aromatic rings. The van der Waals surface area contributed by atoms with Gasteiger partial charge < -0.3 is 10.6 Å². The summed E-state index contributed by atoms with van der Waals surface area (Å²) in [7, 11) is 0. The molecule has 2 heterocycles. The van der Waals surface area contributed by atoms with Crippen LogP contribution >= 0.6 is 23.2 Å². The van der Waals surface area contributed by atoms with E-state index in [1.165, 1.54) is 0 Å². The molecule has 4 N–H and O–H groups in total. The van der Waals surface area contributed by atoms with Gasteiger partial charge in [0.05, 0.1) is 0 Å². The molecular weight excluding hydrogens is 347 g/mol. The van der Waals surface area contributed by atoms with E-state index in [9.17, 15) is 4.79 Å². The van der Waals surface area contributed by atoms with Crippen molar-refractivity contribution < 1.29 is 4.79 Å². The first-order valence-corrected chi connectivity index (χ1v) is 9.10. The number of piperidine rings is 1. The summed E-state index contributed by atoms with van der Waals surface area (Å²) >= 11 is 12.6. The van der Waals surface area contributed by atoms with Crippen molar-refractivity contribution in [3.05, 3.63) is 33.8 Å². The Bertz CT molecular complexity index is 602. The van der Waals surface area contributed by atoms with E-state index in [1.807, 2.05) is 32.0 Å². The van der Waals surface area contributed by atoms with Crippen LogP contribution < -0.4 is 21.5 Å². The maximum absolute atomic E-state index is 12.6. The van der Waals surface area contributed by atoms with Crippen LogP contribution in [0.1, 0.15) is 25.8 Å². The van der Waals surface area contributed by atoms with Crippen molar-refractivity contribution in [2.45, 2.75) is 37.8 Å². The van der Waals surface area contributed by atoms with Gasteiger partial charge in [-0.2, -0.15) is 0 Å². The zero-order valence-corrected chi connectivity index (χ0v) is 15.5. The molecule has 132 valence electrons. The highest BCUT2D eigenvalue weighted by molar-refractivity contribution is 6.36. The van der Waals surface area contributed by atoms with Gasteiger partial charge in [-0.3, -0.25) is 10.2 Å². The van der Waals surface area contributed by atoms with Crippen LogP contribution in [0.2, 0.25) is 10.0 Å². The minimum absolute atomic E-state index is 0.00921. The lowest BCUT2D eigenvalue weighted by Crippen LogP contribution is -2.51. The normalized spacial score (nSPS) is 26.9. The lowest BCUT2D eigenvalue weighted by atomic mass is 9.84. The summed E-state index contributed by atoms with van der Waals surface area (Å²) in [6.45, 7) is 6.38. The second-order valence-electron chi connectivity index (χ2n) is 7.23. The predicted octanol–water partition coefficient (Wildman–Crippen LogP) is 1.84. The van der Waals surface area contributed by atoms with Gasteiger partial charge in [0, 0.05) is 40.5 Å². The molecule has 24 heavy (non-hydrogen) atoms. The zero-order chi connectivity index (χ0) is 17.3. The van der Waals surface area contributed by atoms with Gasteiger partial charge in [-0.25, -0.2) is 5.43 Å². The number of nitrogens with one attached hydrogen (secondary N) is 4. The molecule has 2 aliphatic heterocycles. The quantitative estimate of drug-likeness (QED) is 0.652. The first kappa shape index (κ1) is 18.0. The van der Waals surface area contributed by atoms with Crippen molar-refractivity contribution >= 4 is 29.1 Å². The molecule has 1 aromatic carbocycles. The summed E-state index contributed by atoms with van der Waals surface area (Å²) in [6, 6.07) is 5.61. The highest BCUT2D eigenvalue weighted by Crippen LogP contribution is 2.35. The molecule has 0 spiro atoms. The Balaban J connectivity index is 1.65. The van der Waals surface area contributed by atoms with Crippen LogP contribution in [0.3, 0.4) is 0 Å². The van der Waals surface area contributed by atoms with Gasteiger partial charge in [0.15, 0.2) is 0 Å². The lowest BCUT2D eigenvalue weighted by molar-refractivity contribution is -0.124. The summed E-state index contributed by atoms with van der Waals surface area (Å²) in [5, 5.41) is 7.67. The second kappa shape index (κ2) is 7.18. The Kier molecular flexibility index (Phi) is 5.37. The van der Waals surface area contributed by atoms with E-state index in [2.05, 4.69) is 21.5 Å². The average molecular weight is 371 g/mol. The van der Waals surface area contributed by atoms with Gasteiger partial charge in [-0.1, -0.05) is 43.1 Å². The minimum atomic E-state index is -0.360. The second-order valence-corrected chi connectivity index (χ2v) is 8.04. The fraction of sp³-hybridized carbons (Fsp3) is 0.588. The Morgan fingerprint density at radius 2 is 2.00 bits per heavy atom. The predicted molar refractivity (Wildman–Crippen MR) is 97.3 cm³/mol. The van der Waals surface area contributed by atoms with Crippen molar-refractivity contribution in [1.82, 2.24) is 21.5 Å². The van der Waals surface area contributed by atoms with Crippen LogP contribution in [0.5, 0.6) is 0 Å². The van der Waals surface area contributed by atoms with Gasteiger partial charge in [-0.15, -0.1) is 0 Å². The molecule has 3 rings (SSSR count). The van der Waals surface area contributed by atoms with Crippen LogP contribution in [0.4, 0.5) is 0 Å². The molecule has 0 radical (unpaired) electrons. The highest BCUT2D eigenvalue weighted by Gasteiger charge is 2.41. The van der Waals surface area contributed by atoms with Gasteiger partial charge in [0.25, 0.3) is 0 Å². The third-order valence-corrected chi connectivity index (χ3v) is 5.64. The number of rotatable bonds is 4. The molecule has 2 fully saturated rings. The number of hydrogen-bond acceptors (Lipinski definition) is 4. The summed E-state index contributed by atoms with van der Waals surface area (Å²) in [6.07, 6.45) is 1.03. The third-order valence-electron chi connectivity index (χ3n) is 5.01. The lowest BCUT2D eigenvalue weighted by Gasteiger charge is -2.30. The molecule has 0 saturated carbocycles. The Morgan fingerprint density at radius 3 is 2.71 bits per heavy atom. The monoisotopic (exact) mass is 370 g/mol. The number of hydrogen-bond donors (Lipinski definition) is 4. The van der Waals surface area contributed by atoms with Crippen molar-refractivity contribution in [2.24, 2.45) is 5.92 Å². The number of benzene rings is 1. The first-order chi connectivity index (χ1) is 11.4.